The highest BCUT2D eigenvalue weighted by molar-refractivity contribution is 7.89. The largest absolute Gasteiger partial charge is 0.435 e. The van der Waals surface area contributed by atoms with Crippen LogP contribution in [0.1, 0.15) is 26.3 Å². The van der Waals surface area contributed by atoms with E-state index in [1.54, 1.807) is 55.7 Å². The topological polar surface area (TPSA) is 97.0 Å². The molecule has 0 aliphatic heterocycles. The lowest BCUT2D eigenvalue weighted by Gasteiger charge is -2.20. The molecule has 4 rings (SSSR count). The second kappa shape index (κ2) is 9.09. The van der Waals surface area contributed by atoms with Crippen LogP contribution in [-0.2, 0) is 10.0 Å². The molecule has 10 heteroatoms. The Morgan fingerprint density at radius 3 is 2.37 bits per heavy atom. The summed E-state index contributed by atoms with van der Waals surface area (Å²) in [6.45, 7) is 2.20. The summed E-state index contributed by atoms with van der Waals surface area (Å²) in [6.07, 6.45) is 1.23. The van der Waals surface area contributed by atoms with Gasteiger partial charge in [-0.15, -0.1) is 0 Å². The molecule has 0 atom stereocenters. The van der Waals surface area contributed by atoms with E-state index in [4.69, 9.17) is 0 Å². The predicted molar refractivity (Wildman–Crippen MR) is 128 cm³/mol. The van der Waals surface area contributed by atoms with Crippen LogP contribution in [0.25, 0.3) is 28.0 Å². The molecule has 0 fully saturated rings. The van der Waals surface area contributed by atoms with Crippen molar-refractivity contribution in [1.82, 2.24) is 14.3 Å². The Hall–Kier alpha value is -3.81. The standard InChI is InChI=1S/C25H22F2N4O3S/c1-25(2,3)30-35(32,33)18-10-12-21(29-15-18)23-20(14-28)19-11-9-17(34-24(26)27)13-22(19)31(23)16-7-5-4-6-8-16/h4-13,15,24,30H,1-3H3. The third kappa shape index (κ3) is 5.01. The van der Waals surface area contributed by atoms with Crippen LogP contribution in [0, 0.1) is 11.3 Å². The van der Waals surface area contributed by atoms with Crippen LogP contribution in [0.3, 0.4) is 0 Å². The van der Waals surface area contributed by atoms with E-state index in [-0.39, 0.29) is 16.2 Å². The Morgan fingerprint density at radius 1 is 1.09 bits per heavy atom. The van der Waals surface area contributed by atoms with Gasteiger partial charge in [0.25, 0.3) is 0 Å². The fourth-order valence-electron chi connectivity index (χ4n) is 3.79. The van der Waals surface area contributed by atoms with Crippen LogP contribution in [0.4, 0.5) is 8.78 Å². The highest BCUT2D eigenvalue weighted by Crippen LogP contribution is 2.37. The van der Waals surface area contributed by atoms with E-state index < -0.39 is 22.2 Å². The average Bonchev–Trinajstić information content (AvgIpc) is 3.11. The van der Waals surface area contributed by atoms with Crippen LogP contribution in [0.15, 0.2) is 71.8 Å². The van der Waals surface area contributed by atoms with E-state index in [0.717, 1.165) is 0 Å². The number of hydrogen-bond donors (Lipinski definition) is 1. The Balaban J connectivity index is 1.94. The molecule has 2 aromatic carbocycles. The van der Waals surface area contributed by atoms with Gasteiger partial charge in [0.15, 0.2) is 0 Å². The molecule has 7 nitrogen and oxygen atoms in total. The third-order valence-corrected chi connectivity index (χ3v) is 6.76. The van der Waals surface area contributed by atoms with Crippen LogP contribution < -0.4 is 9.46 Å². The molecule has 1 N–H and O–H groups in total. The van der Waals surface area contributed by atoms with Crippen LogP contribution in [-0.4, -0.2) is 30.1 Å². The van der Waals surface area contributed by atoms with Crippen LogP contribution in [0.2, 0.25) is 0 Å². The molecule has 0 radical (unpaired) electrons. The average molecular weight is 497 g/mol. The molecular weight excluding hydrogens is 474 g/mol. The van der Waals surface area contributed by atoms with Gasteiger partial charge in [0.05, 0.1) is 22.5 Å². The fourth-order valence-corrected chi connectivity index (χ4v) is 5.15. The number of fused-ring (bicyclic) bond motifs is 1. The molecule has 0 aliphatic carbocycles. The number of sulfonamides is 1. The maximum atomic E-state index is 12.9. The minimum absolute atomic E-state index is 0.0234. The lowest BCUT2D eigenvalue weighted by molar-refractivity contribution is -0.0497. The van der Waals surface area contributed by atoms with Crippen molar-refractivity contribution in [2.45, 2.75) is 37.8 Å². The molecule has 0 saturated carbocycles. The summed E-state index contributed by atoms with van der Waals surface area (Å²) in [4.78, 5) is 4.34. The zero-order chi connectivity index (χ0) is 25.4. The van der Waals surface area contributed by atoms with E-state index in [1.807, 2.05) is 6.07 Å². The van der Waals surface area contributed by atoms with Crippen molar-refractivity contribution in [3.05, 3.63) is 72.4 Å². The first-order chi connectivity index (χ1) is 16.5. The number of nitrogens with zero attached hydrogens (tertiary/aromatic N) is 3. The first-order valence-corrected chi connectivity index (χ1v) is 12.1. The highest BCUT2D eigenvalue weighted by Gasteiger charge is 2.25. The zero-order valence-corrected chi connectivity index (χ0v) is 20.0. The van der Waals surface area contributed by atoms with Crippen molar-refractivity contribution in [1.29, 1.82) is 5.26 Å². The van der Waals surface area contributed by atoms with Crippen molar-refractivity contribution in [3.8, 4) is 28.9 Å². The van der Waals surface area contributed by atoms with Gasteiger partial charge in [0, 0.05) is 28.9 Å². The smallest absolute Gasteiger partial charge is 0.387 e. The molecule has 2 aromatic heterocycles. The van der Waals surface area contributed by atoms with Gasteiger partial charge < -0.3 is 9.30 Å². The summed E-state index contributed by atoms with van der Waals surface area (Å²) in [7, 11) is -3.81. The Morgan fingerprint density at radius 2 is 1.80 bits per heavy atom. The van der Waals surface area contributed by atoms with Crippen molar-refractivity contribution in [2.75, 3.05) is 0 Å². The molecule has 0 aliphatic rings. The quantitative estimate of drug-likeness (QED) is 0.394. The maximum Gasteiger partial charge on any atom is 0.387 e. The monoisotopic (exact) mass is 496 g/mol. The summed E-state index contributed by atoms with van der Waals surface area (Å²) in [6, 6.07) is 18.5. The number of aromatic nitrogens is 2. The number of para-hydroxylation sites is 1. The van der Waals surface area contributed by atoms with Gasteiger partial charge in [-0.25, -0.2) is 13.1 Å². The van der Waals surface area contributed by atoms with Crippen molar-refractivity contribution < 1.29 is 21.9 Å². The van der Waals surface area contributed by atoms with Gasteiger partial charge >= 0.3 is 6.61 Å². The molecule has 2 heterocycles. The van der Waals surface area contributed by atoms with Crippen LogP contribution in [0.5, 0.6) is 5.75 Å². The lowest BCUT2D eigenvalue weighted by atomic mass is 10.1. The van der Waals surface area contributed by atoms with E-state index >= 15 is 0 Å². The SMILES string of the molecule is CC(C)(C)NS(=O)(=O)c1ccc(-c2c(C#N)c3ccc(OC(F)F)cc3n2-c2ccccc2)nc1. The van der Waals surface area contributed by atoms with Crippen LogP contribution >= 0.6 is 0 Å². The first-order valence-electron chi connectivity index (χ1n) is 10.6. The Bertz CT molecular complexity index is 1520. The van der Waals surface area contributed by atoms with Gasteiger partial charge in [-0.1, -0.05) is 18.2 Å². The summed E-state index contributed by atoms with van der Waals surface area (Å²) >= 11 is 0. The molecular formula is C25H22F2N4O3S. The minimum Gasteiger partial charge on any atom is -0.435 e. The number of rotatable bonds is 6. The van der Waals surface area contributed by atoms with E-state index in [2.05, 4.69) is 20.5 Å². The first kappa shape index (κ1) is 24.3. The van der Waals surface area contributed by atoms with E-state index in [0.29, 0.717) is 28.0 Å². The van der Waals surface area contributed by atoms with Crippen molar-refractivity contribution in [3.63, 3.8) is 0 Å². The van der Waals surface area contributed by atoms with Gasteiger partial charge in [0.2, 0.25) is 10.0 Å². The number of ether oxygens (including phenoxy) is 1. The number of nitrogens with one attached hydrogen (secondary N) is 1. The normalized spacial score (nSPS) is 12.1. The second-order valence-corrected chi connectivity index (χ2v) is 10.5. The number of benzene rings is 2. The number of halogens is 2. The van der Waals surface area contributed by atoms with Gasteiger partial charge in [-0.3, -0.25) is 4.98 Å². The number of hydrogen-bond acceptors (Lipinski definition) is 5. The third-order valence-electron chi connectivity index (χ3n) is 5.02. The predicted octanol–water partition coefficient (Wildman–Crippen LogP) is 5.24. The maximum absolute atomic E-state index is 12.9. The number of pyridine rings is 1. The van der Waals surface area contributed by atoms with E-state index in [1.165, 1.54) is 30.5 Å². The number of alkyl halides is 2. The number of nitriles is 1. The Kier molecular flexibility index (Phi) is 6.32. The second-order valence-electron chi connectivity index (χ2n) is 8.80. The Labute approximate surface area is 201 Å². The van der Waals surface area contributed by atoms with Gasteiger partial charge in [0.1, 0.15) is 16.7 Å². The minimum atomic E-state index is -3.81. The molecule has 0 bridgehead atoms. The summed E-state index contributed by atoms with van der Waals surface area (Å²) in [5.41, 5.74) is 1.46. The van der Waals surface area contributed by atoms with Crippen molar-refractivity contribution in [2.24, 2.45) is 0 Å². The highest BCUT2D eigenvalue weighted by atomic mass is 32.2. The van der Waals surface area contributed by atoms with Gasteiger partial charge in [-0.2, -0.15) is 14.0 Å². The zero-order valence-electron chi connectivity index (χ0n) is 19.2. The van der Waals surface area contributed by atoms with E-state index in [9.17, 15) is 22.5 Å². The van der Waals surface area contributed by atoms with Crippen molar-refractivity contribution >= 4 is 20.9 Å². The molecule has 0 saturated heterocycles. The molecule has 0 spiro atoms. The summed E-state index contributed by atoms with van der Waals surface area (Å²) in [5, 5.41) is 10.5. The summed E-state index contributed by atoms with van der Waals surface area (Å²) in [5.74, 6) is -0.0547. The van der Waals surface area contributed by atoms with Gasteiger partial charge in [-0.05, 0) is 57.2 Å². The molecule has 0 amide bonds. The molecule has 35 heavy (non-hydrogen) atoms. The molecule has 4 aromatic rings. The molecule has 180 valence electrons. The lowest BCUT2D eigenvalue weighted by Crippen LogP contribution is -2.40. The summed E-state index contributed by atoms with van der Waals surface area (Å²) < 4.78 is 59.9. The molecule has 0 unspecified atom stereocenters. The fraction of sp³-hybridized carbons (Fsp3) is 0.200.